The number of alkyl halides is 13. The Morgan fingerprint density at radius 2 is 0.933 bits per heavy atom. The third-order valence-corrected chi connectivity index (χ3v) is 4.20. The van der Waals surface area contributed by atoms with E-state index in [1.54, 1.807) is 0 Å². The van der Waals surface area contributed by atoms with E-state index >= 15 is 0 Å². The third kappa shape index (κ3) is 5.84. The summed E-state index contributed by atoms with van der Waals surface area (Å²) in [5.41, 5.74) is 0. The molecule has 0 amide bonds. The second-order valence-corrected chi connectivity index (χ2v) is 6.63. The standard InChI is InChI=1S/C16H21F13O/c1-2-3-4-5-6-7-9-30-10-8-11(17,18)12(19,20)13(21,22)14(23,24)15(25,26)16(27,28)29/h2-10H2,1H3. The van der Waals surface area contributed by atoms with Crippen LogP contribution in [0.2, 0.25) is 0 Å². The van der Waals surface area contributed by atoms with Gasteiger partial charge in [0.25, 0.3) is 0 Å². The molecule has 0 aliphatic rings. The Morgan fingerprint density at radius 3 is 1.40 bits per heavy atom. The maximum absolute atomic E-state index is 13.5. The van der Waals surface area contributed by atoms with Crippen LogP contribution in [0.25, 0.3) is 0 Å². The van der Waals surface area contributed by atoms with Crippen LogP contribution < -0.4 is 0 Å². The molecule has 0 heterocycles. The van der Waals surface area contributed by atoms with Crippen molar-refractivity contribution < 1.29 is 61.8 Å². The molecule has 30 heavy (non-hydrogen) atoms. The number of unbranched alkanes of at least 4 members (excludes halogenated alkanes) is 5. The highest BCUT2D eigenvalue weighted by Gasteiger charge is 2.90. The van der Waals surface area contributed by atoms with Crippen LogP contribution in [0.3, 0.4) is 0 Å². The Balaban J connectivity index is 5.08. The summed E-state index contributed by atoms with van der Waals surface area (Å²) in [7, 11) is 0. The summed E-state index contributed by atoms with van der Waals surface area (Å²) in [5, 5.41) is 0. The molecular formula is C16H21F13O. The van der Waals surface area contributed by atoms with Gasteiger partial charge in [-0.15, -0.1) is 0 Å². The van der Waals surface area contributed by atoms with E-state index in [0.29, 0.717) is 6.42 Å². The van der Waals surface area contributed by atoms with E-state index in [4.69, 9.17) is 0 Å². The molecule has 0 aliphatic carbocycles. The molecule has 0 unspecified atom stereocenters. The Labute approximate surface area is 163 Å². The Bertz CT molecular complexity index is 514. The maximum Gasteiger partial charge on any atom is 0.460 e. The van der Waals surface area contributed by atoms with Crippen LogP contribution in [0.4, 0.5) is 57.1 Å². The van der Waals surface area contributed by atoms with Crippen LogP contribution in [0.5, 0.6) is 0 Å². The van der Waals surface area contributed by atoms with Gasteiger partial charge < -0.3 is 4.74 Å². The lowest BCUT2D eigenvalue weighted by Crippen LogP contribution is -2.70. The fraction of sp³-hybridized carbons (Fsp3) is 1.00. The zero-order valence-electron chi connectivity index (χ0n) is 15.7. The van der Waals surface area contributed by atoms with Gasteiger partial charge in [-0.25, -0.2) is 0 Å². The van der Waals surface area contributed by atoms with Crippen molar-refractivity contribution in [2.24, 2.45) is 0 Å². The third-order valence-electron chi connectivity index (χ3n) is 4.20. The smallest absolute Gasteiger partial charge is 0.381 e. The number of halogens is 13. The largest absolute Gasteiger partial charge is 0.460 e. The molecule has 182 valence electrons. The first-order valence-corrected chi connectivity index (χ1v) is 8.84. The van der Waals surface area contributed by atoms with Crippen molar-refractivity contribution in [3.8, 4) is 0 Å². The maximum atomic E-state index is 13.5. The first kappa shape index (κ1) is 29.1. The molecule has 0 rings (SSSR count). The van der Waals surface area contributed by atoms with Gasteiger partial charge in [0, 0.05) is 13.0 Å². The molecule has 0 spiro atoms. The average Bonchev–Trinajstić information content (AvgIpc) is 2.58. The van der Waals surface area contributed by atoms with Crippen molar-refractivity contribution in [3.63, 3.8) is 0 Å². The van der Waals surface area contributed by atoms with Crippen LogP contribution in [0.15, 0.2) is 0 Å². The second-order valence-electron chi connectivity index (χ2n) is 6.63. The van der Waals surface area contributed by atoms with E-state index in [0.717, 1.165) is 25.7 Å². The van der Waals surface area contributed by atoms with Crippen molar-refractivity contribution in [1.29, 1.82) is 0 Å². The van der Waals surface area contributed by atoms with Gasteiger partial charge in [-0.3, -0.25) is 0 Å². The molecule has 0 aromatic rings. The van der Waals surface area contributed by atoms with Crippen molar-refractivity contribution in [1.82, 2.24) is 0 Å². The molecule has 0 aliphatic heterocycles. The summed E-state index contributed by atoms with van der Waals surface area (Å²) in [5.74, 6) is -36.6. The molecule has 0 saturated carbocycles. The first-order chi connectivity index (χ1) is 13.3. The van der Waals surface area contributed by atoms with E-state index in [1.807, 2.05) is 6.92 Å². The summed E-state index contributed by atoms with van der Waals surface area (Å²) in [6.07, 6.45) is -5.34. The highest BCUT2D eigenvalue weighted by molar-refractivity contribution is 5.10. The molecular weight excluding hydrogens is 455 g/mol. The zero-order valence-corrected chi connectivity index (χ0v) is 15.7. The number of rotatable bonds is 14. The van der Waals surface area contributed by atoms with Crippen LogP contribution in [0, 0.1) is 0 Å². The zero-order chi connectivity index (χ0) is 24.1. The Morgan fingerprint density at radius 1 is 0.500 bits per heavy atom. The Hall–Kier alpha value is -0.950. The van der Waals surface area contributed by atoms with Crippen molar-refractivity contribution in [2.45, 2.75) is 87.7 Å². The lowest BCUT2D eigenvalue weighted by molar-refractivity contribution is -0.440. The molecule has 0 saturated heterocycles. The van der Waals surface area contributed by atoms with Gasteiger partial charge in [0.15, 0.2) is 0 Å². The van der Waals surface area contributed by atoms with Gasteiger partial charge >= 0.3 is 35.8 Å². The summed E-state index contributed by atoms with van der Waals surface area (Å²) < 4.78 is 172. The van der Waals surface area contributed by atoms with Gasteiger partial charge in [0.05, 0.1) is 6.61 Å². The molecule has 0 N–H and O–H groups in total. The summed E-state index contributed by atoms with van der Waals surface area (Å²) in [4.78, 5) is 0. The van der Waals surface area contributed by atoms with Crippen molar-refractivity contribution in [3.05, 3.63) is 0 Å². The molecule has 14 heteroatoms. The molecule has 0 fully saturated rings. The van der Waals surface area contributed by atoms with E-state index in [9.17, 15) is 57.1 Å². The lowest BCUT2D eigenvalue weighted by atomic mass is 9.93. The topological polar surface area (TPSA) is 9.23 Å². The first-order valence-electron chi connectivity index (χ1n) is 8.84. The summed E-state index contributed by atoms with van der Waals surface area (Å²) >= 11 is 0. The molecule has 0 aromatic heterocycles. The predicted octanol–water partition coefficient (Wildman–Crippen LogP) is 7.49. The fourth-order valence-corrected chi connectivity index (χ4v) is 2.25. The number of ether oxygens (including phenoxy) is 1. The Kier molecular flexibility index (Phi) is 9.79. The van der Waals surface area contributed by atoms with E-state index in [1.165, 1.54) is 0 Å². The van der Waals surface area contributed by atoms with Gasteiger partial charge in [-0.1, -0.05) is 39.0 Å². The fourth-order valence-electron chi connectivity index (χ4n) is 2.25. The van der Waals surface area contributed by atoms with Crippen molar-refractivity contribution in [2.75, 3.05) is 13.2 Å². The SMILES string of the molecule is CCCCCCCCOCCC(F)(F)C(F)(F)C(F)(F)C(F)(F)C(F)(F)C(F)(F)F. The van der Waals surface area contributed by atoms with Crippen LogP contribution in [0.1, 0.15) is 51.9 Å². The number of hydrogen-bond acceptors (Lipinski definition) is 1. The van der Waals surface area contributed by atoms with Crippen molar-refractivity contribution >= 4 is 0 Å². The van der Waals surface area contributed by atoms with E-state index in [2.05, 4.69) is 4.74 Å². The van der Waals surface area contributed by atoms with Gasteiger partial charge in [0.1, 0.15) is 0 Å². The summed E-state index contributed by atoms with van der Waals surface area (Å²) in [6.45, 7) is 0.351. The highest BCUT2D eigenvalue weighted by atomic mass is 19.4. The quantitative estimate of drug-likeness (QED) is 0.186. The average molecular weight is 476 g/mol. The second kappa shape index (κ2) is 10.1. The van der Waals surface area contributed by atoms with E-state index < -0.39 is 48.8 Å². The minimum Gasteiger partial charge on any atom is -0.381 e. The van der Waals surface area contributed by atoms with Crippen LogP contribution >= 0.6 is 0 Å². The van der Waals surface area contributed by atoms with Gasteiger partial charge in [0.2, 0.25) is 0 Å². The molecule has 0 bridgehead atoms. The normalized spacial score (nSPS) is 15.0. The predicted molar refractivity (Wildman–Crippen MR) is 79.6 cm³/mol. The summed E-state index contributed by atoms with van der Waals surface area (Å²) in [6, 6.07) is 0. The molecule has 0 aromatic carbocycles. The monoisotopic (exact) mass is 476 g/mol. The minimum atomic E-state index is -7.86. The molecule has 0 atom stereocenters. The van der Waals surface area contributed by atoms with Crippen LogP contribution in [-0.4, -0.2) is 49.0 Å². The lowest BCUT2D eigenvalue weighted by Gasteiger charge is -2.39. The van der Waals surface area contributed by atoms with E-state index in [-0.39, 0.29) is 13.0 Å². The molecule has 1 nitrogen and oxygen atoms in total. The minimum absolute atomic E-state index is 0.257. The molecule has 0 radical (unpaired) electrons. The van der Waals surface area contributed by atoms with Gasteiger partial charge in [-0.2, -0.15) is 57.1 Å². The number of hydrogen-bond donors (Lipinski definition) is 0. The van der Waals surface area contributed by atoms with Gasteiger partial charge in [-0.05, 0) is 6.42 Å². The highest BCUT2D eigenvalue weighted by Crippen LogP contribution is 2.60. The van der Waals surface area contributed by atoms with Crippen LogP contribution in [-0.2, 0) is 4.74 Å².